The minimum atomic E-state index is -3.94. The second-order valence-electron chi connectivity index (χ2n) is 8.12. The standard InChI is InChI=1S/C20H33N3O5S/c1-15-7-6-10-23(13-15)20(2,3)14-21-19(24)12-22-29(25,26)18-11-16(27-4)8-9-17(18)28-5/h8-9,11,15,22H,6-7,10,12-14H2,1-5H3,(H,21,24)/t15-/m0/s1. The molecule has 1 heterocycles. The van der Waals surface area contributed by atoms with Gasteiger partial charge in [0, 0.05) is 24.7 Å². The normalized spacial score (nSPS) is 18.3. The molecule has 0 spiro atoms. The van der Waals surface area contributed by atoms with Gasteiger partial charge in [0.1, 0.15) is 16.4 Å². The van der Waals surface area contributed by atoms with E-state index in [-0.39, 0.29) is 28.6 Å². The smallest absolute Gasteiger partial charge is 0.244 e. The maximum atomic E-state index is 12.6. The number of carbonyl (C=O) groups is 1. The second kappa shape index (κ2) is 9.77. The Balaban J connectivity index is 1.94. The van der Waals surface area contributed by atoms with Gasteiger partial charge in [-0.2, -0.15) is 0 Å². The number of hydrogen-bond donors (Lipinski definition) is 2. The zero-order chi connectivity index (χ0) is 21.7. The van der Waals surface area contributed by atoms with E-state index in [1.54, 1.807) is 6.07 Å². The predicted octanol–water partition coefficient (Wildman–Crippen LogP) is 1.61. The lowest BCUT2D eigenvalue weighted by molar-refractivity contribution is -0.120. The van der Waals surface area contributed by atoms with E-state index in [0.717, 1.165) is 19.5 Å². The number of piperidine rings is 1. The topological polar surface area (TPSA) is 97.0 Å². The van der Waals surface area contributed by atoms with Crippen molar-refractivity contribution in [1.82, 2.24) is 14.9 Å². The predicted molar refractivity (Wildman–Crippen MR) is 112 cm³/mol. The van der Waals surface area contributed by atoms with Crippen LogP contribution in [0.5, 0.6) is 11.5 Å². The Hall–Kier alpha value is -1.84. The molecule has 1 saturated heterocycles. The van der Waals surface area contributed by atoms with Crippen molar-refractivity contribution in [2.45, 2.75) is 44.0 Å². The fourth-order valence-corrected chi connectivity index (χ4v) is 4.62. The summed E-state index contributed by atoms with van der Waals surface area (Å²) in [7, 11) is -1.10. The van der Waals surface area contributed by atoms with Crippen LogP contribution in [0.2, 0.25) is 0 Å². The lowest BCUT2D eigenvalue weighted by atomic mass is 9.93. The lowest BCUT2D eigenvalue weighted by Crippen LogP contribution is -2.55. The fraction of sp³-hybridized carbons (Fsp3) is 0.650. The minimum absolute atomic E-state index is 0.0743. The highest BCUT2D eigenvalue weighted by atomic mass is 32.2. The van der Waals surface area contributed by atoms with Gasteiger partial charge in [0.15, 0.2) is 0 Å². The molecule has 29 heavy (non-hydrogen) atoms. The summed E-state index contributed by atoms with van der Waals surface area (Å²) in [6.45, 7) is 8.54. The van der Waals surface area contributed by atoms with Crippen LogP contribution >= 0.6 is 0 Å². The second-order valence-corrected chi connectivity index (χ2v) is 9.86. The van der Waals surface area contributed by atoms with Crippen molar-refractivity contribution in [2.24, 2.45) is 5.92 Å². The average molecular weight is 428 g/mol. The van der Waals surface area contributed by atoms with E-state index in [1.165, 1.54) is 32.8 Å². The van der Waals surface area contributed by atoms with E-state index >= 15 is 0 Å². The number of sulfonamides is 1. The molecule has 164 valence electrons. The highest BCUT2D eigenvalue weighted by molar-refractivity contribution is 7.89. The van der Waals surface area contributed by atoms with Crippen LogP contribution < -0.4 is 19.5 Å². The van der Waals surface area contributed by atoms with Crippen molar-refractivity contribution in [3.8, 4) is 11.5 Å². The molecule has 0 bridgehead atoms. The summed E-state index contributed by atoms with van der Waals surface area (Å²) in [5.74, 6) is 0.823. The number of amides is 1. The molecular formula is C20H33N3O5S. The lowest BCUT2D eigenvalue weighted by Gasteiger charge is -2.43. The first-order valence-corrected chi connectivity index (χ1v) is 11.3. The van der Waals surface area contributed by atoms with Gasteiger partial charge in [-0.25, -0.2) is 13.1 Å². The fourth-order valence-electron chi connectivity index (χ4n) is 3.46. The van der Waals surface area contributed by atoms with Crippen LogP contribution in [-0.2, 0) is 14.8 Å². The maximum absolute atomic E-state index is 12.6. The average Bonchev–Trinajstić information content (AvgIpc) is 2.70. The highest BCUT2D eigenvalue weighted by Crippen LogP contribution is 2.28. The third-order valence-corrected chi connectivity index (χ3v) is 6.74. The van der Waals surface area contributed by atoms with E-state index in [9.17, 15) is 13.2 Å². The number of hydrogen-bond acceptors (Lipinski definition) is 6. The molecule has 0 aromatic heterocycles. The Labute approximate surface area is 174 Å². The van der Waals surface area contributed by atoms with E-state index in [2.05, 4.69) is 35.7 Å². The van der Waals surface area contributed by atoms with Gasteiger partial charge in [-0.15, -0.1) is 0 Å². The van der Waals surface area contributed by atoms with Gasteiger partial charge >= 0.3 is 0 Å². The molecule has 2 rings (SSSR count). The molecule has 1 amide bonds. The number of nitrogens with one attached hydrogen (secondary N) is 2. The summed E-state index contributed by atoms with van der Waals surface area (Å²) >= 11 is 0. The number of likely N-dealkylation sites (tertiary alicyclic amines) is 1. The molecule has 1 aliphatic heterocycles. The molecule has 1 aromatic rings. The van der Waals surface area contributed by atoms with Crippen LogP contribution in [0, 0.1) is 5.92 Å². The Morgan fingerprint density at radius 3 is 2.62 bits per heavy atom. The molecule has 0 radical (unpaired) electrons. The number of benzene rings is 1. The third-order valence-electron chi connectivity index (χ3n) is 5.31. The van der Waals surface area contributed by atoms with Crippen LogP contribution in [0.25, 0.3) is 0 Å². The summed E-state index contributed by atoms with van der Waals surface area (Å²) in [5, 5.41) is 2.85. The molecule has 1 aromatic carbocycles. The van der Waals surface area contributed by atoms with E-state index in [0.29, 0.717) is 18.2 Å². The van der Waals surface area contributed by atoms with E-state index in [4.69, 9.17) is 9.47 Å². The number of nitrogens with zero attached hydrogens (tertiary/aromatic N) is 1. The SMILES string of the molecule is COc1ccc(OC)c(S(=O)(=O)NCC(=O)NCC(C)(C)N2CCC[C@H](C)C2)c1. The third kappa shape index (κ3) is 6.32. The van der Waals surface area contributed by atoms with Crippen LogP contribution in [0.15, 0.2) is 23.1 Å². The molecular weight excluding hydrogens is 394 g/mol. The molecule has 0 unspecified atom stereocenters. The van der Waals surface area contributed by atoms with Gasteiger partial charge in [-0.3, -0.25) is 9.69 Å². The van der Waals surface area contributed by atoms with Gasteiger partial charge in [-0.05, 0) is 51.3 Å². The Kier molecular flexibility index (Phi) is 7.90. The summed E-state index contributed by atoms with van der Waals surface area (Å²) in [4.78, 5) is 14.6. The highest BCUT2D eigenvalue weighted by Gasteiger charge is 2.30. The van der Waals surface area contributed by atoms with E-state index in [1.807, 2.05) is 0 Å². The summed E-state index contributed by atoms with van der Waals surface area (Å²) in [5.41, 5.74) is -0.195. The monoisotopic (exact) mass is 427 g/mol. The van der Waals surface area contributed by atoms with Crippen molar-refractivity contribution in [1.29, 1.82) is 0 Å². The van der Waals surface area contributed by atoms with E-state index < -0.39 is 10.0 Å². The van der Waals surface area contributed by atoms with Crippen LogP contribution in [-0.4, -0.2) is 65.2 Å². The van der Waals surface area contributed by atoms with Crippen molar-refractivity contribution in [3.63, 3.8) is 0 Å². The van der Waals surface area contributed by atoms with Crippen molar-refractivity contribution in [2.75, 3.05) is 40.4 Å². The summed E-state index contributed by atoms with van der Waals surface area (Å²) < 4.78 is 37.8. The summed E-state index contributed by atoms with van der Waals surface area (Å²) in [6.07, 6.45) is 2.38. The summed E-state index contributed by atoms with van der Waals surface area (Å²) in [6, 6.07) is 4.48. The Morgan fingerprint density at radius 1 is 1.28 bits per heavy atom. The Bertz CT molecular complexity index is 810. The number of carbonyl (C=O) groups excluding carboxylic acids is 1. The van der Waals surface area contributed by atoms with Crippen LogP contribution in [0.3, 0.4) is 0 Å². The van der Waals surface area contributed by atoms with Gasteiger partial charge in [0.05, 0.1) is 20.8 Å². The van der Waals surface area contributed by atoms with Gasteiger partial charge in [-0.1, -0.05) is 6.92 Å². The quantitative estimate of drug-likeness (QED) is 0.622. The number of rotatable bonds is 9. The maximum Gasteiger partial charge on any atom is 0.244 e. The molecule has 1 atom stereocenters. The number of ether oxygens (including phenoxy) is 2. The van der Waals surface area contributed by atoms with Gasteiger partial charge in [0.2, 0.25) is 15.9 Å². The first-order chi connectivity index (χ1) is 13.6. The van der Waals surface area contributed by atoms with Gasteiger partial charge in [0.25, 0.3) is 0 Å². The molecule has 8 nitrogen and oxygen atoms in total. The largest absolute Gasteiger partial charge is 0.497 e. The molecule has 1 fully saturated rings. The van der Waals surface area contributed by atoms with Crippen molar-refractivity contribution >= 4 is 15.9 Å². The number of methoxy groups -OCH3 is 2. The van der Waals surface area contributed by atoms with Crippen LogP contribution in [0.1, 0.15) is 33.6 Å². The zero-order valence-electron chi connectivity index (χ0n) is 17.9. The first kappa shape index (κ1) is 23.4. The van der Waals surface area contributed by atoms with Crippen molar-refractivity contribution < 1.29 is 22.7 Å². The molecule has 9 heteroatoms. The first-order valence-electron chi connectivity index (χ1n) is 9.82. The Morgan fingerprint density at radius 2 is 2.00 bits per heavy atom. The molecule has 2 N–H and O–H groups in total. The molecule has 1 aliphatic rings. The molecule has 0 saturated carbocycles. The minimum Gasteiger partial charge on any atom is -0.497 e. The van der Waals surface area contributed by atoms with Gasteiger partial charge < -0.3 is 14.8 Å². The zero-order valence-corrected chi connectivity index (χ0v) is 18.8. The van der Waals surface area contributed by atoms with Crippen molar-refractivity contribution in [3.05, 3.63) is 18.2 Å². The van der Waals surface area contributed by atoms with Crippen LogP contribution in [0.4, 0.5) is 0 Å². The molecule has 0 aliphatic carbocycles.